The number of thiophene rings is 1. The van der Waals surface area contributed by atoms with Crippen molar-refractivity contribution in [2.75, 3.05) is 11.8 Å². The maximum absolute atomic E-state index is 13.6. The van der Waals surface area contributed by atoms with Gasteiger partial charge in [0.15, 0.2) is 0 Å². The van der Waals surface area contributed by atoms with E-state index in [-0.39, 0.29) is 9.90 Å². The lowest BCUT2D eigenvalue weighted by atomic mass is 10.3. The van der Waals surface area contributed by atoms with Gasteiger partial charge in [-0.05, 0) is 46.6 Å². The molecule has 0 saturated heterocycles. The van der Waals surface area contributed by atoms with Crippen LogP contribution in [0.25, 0.3) is 0 Å². The number of ether oxygens (including phenoxy) is 1. The third-order valence-corrected chi connectivity index (χ3v) is 6.49. The Morgan fingerprint density at radius 3 is 2.60 bits per heavy atom. The molecule has 0 fully saturated rings. The zero-order valence-corrected chi connectivity index (χ0v) is 13.8. The second-order valence-corrected chi connectivity index (χ2v) is 8.25. The van der Waals surface area contributed by atoms with Crippen molar-refractivity contribution in [1.29, 1.82) is 0 Å². The normalized spacial score (nSPS) is 11.4. The Bertz CT molecular complexity index is 724. The predicted octanol–water partition coefficient (Wildman–Crippen LogP) is 3.77. The van der Waals surface area contributed by atoms with Crippen LogP contribution in [-0.2, 0) is 10.0 Å². The Morgan fingerprint density at radius 1 is 1.35 bits per heavy atom. The molecule has 1 aromatic carbocycles. The highest BCUT2D eigenvalue weighted by Crippen LogP contribution is 2.32. The molecule has 0 aliphatic heterocycles. The number of rotatable bonds is 4. The molecule has 0 aliphatic rings. The first-order chi connectivity index (χ1) is 9.33. The number of nitrogens with one attached hydrogen (secondary N) is 1. The van der Waals surface area contributed by atoms with Gasteiger partial charge in [-0.25, -0.2) is 12.8 Å². The van der Waals surface area contributed by atoms with Crippen LogP contribution in [0, 0.1) is 12.7 Å². The van der Waals surface area contributed by atoms with E-state index in [0.717, 1.165) is 26.8 Å². The van der Waals surface area contributed by atoms with Crippen LogP contribution in [0.4, 0.5) is 10.1 Å². The molecule has 4 nitrogen and oxygen atoms in total. The summed E-state index contributed by atoms with van der Waals surface area (Å²) in [5.41, 5.74) is 0.660. The second-order valence-electron chi connectivity index (χ2n) is 3.97. The molecule has 0 aliphatic carbocycles. The third kappa shape index (κ3) is 3.13. The molecular weight excluding hydrogens is 369 g/mol. The SMILES string of the molecule is COc1ccc(F)c(NS(=O)(=O)c2cc(C)c(Br)s2)c1. The number of methoxy groups -OCH3 is 1. The average molecular weight is 380 g/mol. The van der Waals surface area contributed by atoms with Gasteiger partial charge in [0.25, 0.3) is 10.0 Å². The maximum atomic E-state index is 13.6. The van der Waals surface area contributed by atoms with E-state index in [1.165, 1.54) is 25.3 Å². The van der Waals surface area contributed by atoms with E-state index in [1.54, 1.807) is 6.92 Å². The molecule has 0 radical (unpaired) electrons. The van der Waals surface area contributed by atoms with Crippen molar-refractivity contribution >= 4 is 43.0 Å². The van der Waals surface area contributed by atoms with Crippen LogP contribution >= 0.6 is 27.3 Å². The number of aryl methyl sites for hydroxylation is 1. The smallest absolute Gasteiger partial charge is 0.271 e. The van der Waals surface area contributed by atoms with Gasteiger partial charge in [0, 0.05) is 6.07 Å². The number of anilines is 1. The Morgan fingerprint density at radius 2 is 2.05 bits per heavy atom. The zero-order valence-electron chi connectivity index (χ0n) is 10.6. The van der Waals surface area contributed by atoms with Gasteiger partial charge in [0.05, 0.1) is 16.6 Å². The first kappa shape index (κ1) is 15.3. The summed E-state index contributed by atoms with van der Waals surface area (Å²) in [5.74, 6) is -0.297. The highest BCUT2D eigenvalue weighted by atomic mass is 79.9. The molecule has 1 N–H and O–H groups in total. The molecule has 1 aromatic heterocycles. The zero-order chi connectivity index (χ0) is 14.9. The molecule has 20 heavy (non-hydrogen) atoms. The Balaban J connectivity index is 2.37. The van der Waals surface area contributed by atoms with E-state index in [0.29, 0.717) is 5.75 Å². The Hall–Kier alpha value is -1.12. The van der Waals surface area contributed by atoms with Crippen LogP contribution < -0.4 is 9.46 Å². The lowest BCUT2D eigenvalue weighted by Crippen LogP contribution is -2.12. The number of halogens is 2. The first-order valence-corrected chi connectivity index (χ1v) is 8.55. The highest BCUT2D eigenvalue weighted by molar-refractivity contribution is 9.11. The van der Waals surface area contributed by atoms with Crippen molar-refractivity contribution in [1.82, 2.24) is 0 Å². The fourth-order valence-electron chi connectivity index (χ4n) is 1.47. The number of benzene rings is 1. The third-order valence-electron chi connectivity index (χ3n) is 2.52. The van der Waals surface area contributed by atoms with Crippen molar-refractivity contribution in [3.63, 3.8) is 0 Å². The van der Waals surface area contributed by atoms with E-state index in [9.17, 15) is 12.8 Å². The van der Waals surface area contributed by atoms with Gasteiger partial charge < -0.3 is 4.74 Å². The number of sulfonamides is 1. The van der Waals surface area contributed by atoms with Gasteiger partial charge in [-0.1, -0.05) is 0 Å². The highest BCUT2D eigenvalue weighted by Gasteiger charge is 2.20. The van der Waals surface area contributed by atoms with E-state index in [1.807, 2.05) is 0 Å². The van der Waals surface area contributed by atoms with Gasteiger partial charge in [-0.3, -0.25) is 4.72 Å². The van der Waals surface area contributed by atoms with E-state index >= 15 is 0 Å². The summed E-state index contributed by atoms with van der Waals surface area (Å²) in [6, 6.07) is 5.38. The summed E-state index contributed by atoms with van der Waals surface area (Å²) in [5, 5.41) is 0. The maximum Gasteiger partial charge on any atom is 0.271 e. The fraction of sp³-hybridized carbons (Fsp3) is 0.167. The largest absolute Gasteiger partial charge is 0.497 e. The van der Waals surface area contributed by atoms with Gasteiger partial charge in [-0.15, -0.1) is 11.3 Å². The molecular formula is C12H11BrFNO3S2. The molecule has 1 heterocycles. The van der Waals surface area contributed by atoms with E-state index in [2.05, 4.69) is 20.7 Å². The lowest BCUT2D eigenvalue weighted by molar-refractivity contribution is 0.414. The van der Waals surface area contributed by atoms with Gasteiger partial charge in [0.2, 0.25) is 0 Å². The van der Waals surface area contributed by atoms with Gasteiger partial charge in [-0.2, -0.15) is 0 Å². The Kier molecular flexibility index (Phi) is 4.36. The minimum Gasteiger partial charge on any atom is -0.497 e. The summed E-state index contributed by atoms with van der Waals surface area (Å²) in [6.07, 6.45) is 0. The molecule has 0 bridgehead atoms. The van der Waals surface area contributed by atoms with Crippen molar-refractivity contribution in [2.45, 2.75) is 11.1 Å². The molecule has 2 aromatic rings. The quantitative estimate of drug-likeness (QED) is 0.879. The molecule has 0 amide bonds. The second kappa shape index (κ2) is 5.71. The van der Waals surface area contributed by atoms with Crippen LogP contribution in [0.15, 0.2) is 32.3 Å². The molecule has 0 spiro atoms. The van der Waals surface area contributed by atoms with Crippen molar-refractivity contribution < 1.29 is 17.5 Å². The lowest BCUT2D eigenvalue weighted by Gasteiger charge is -2.08. The van der Waals surface area contributed by atoms with Crippen molar-refractivity contribution in [2.24, 2.45) is 0 Å². The van der Waals surface area contributed by atoms with Gasteiger partial charge >= 0.3 is 0 Å². The van der Waals surface area contributed by atoms with Crippen LogP contribution in [0.1, 0.15) is 5.56 Å². The predicted molar refractivity (Wildman–Crippen MR) is 80.5 cm³/mol. The van der Waals surface area contributed by atoms with Crippen molar-refractivity contribution in [3.05, 3.63) is 39.4 Å². The molecule has 2 rings (SSSR count). The summed E-state index contributed by atoms with van der Waals surface area (Å²) < 4.78 is 46.0. The first-order valence-electron chi connectivity index (χ1n) is 5.46. The number of hydrogen-bond acceptors (Lipinski definition) is 4. The minimum atomic E-state index is -3.82. The Labute approximate surface area is 128 Å². The molecule has 0 saturated carbocycles. The van der Waals surface area contributed by atoms with Crippen LogP contribution in [0.2, 0.25) is 0 Å². The number of hydrogen-bond donors (Lipinski definition) is 1. The van der Waals surface area contributed by atoms with E-state index < -0.39 is 15.8 Å². The summed E-state index contributed by atoms with van der Waals surface area (Å²) in [4.78, 5) is 0. The molecule has 0 atom stereocenters. The van der Waals surface area contributed by atoms with Crippen LogP contribution in [0.3, 0.4) is 0 Å². The summed E-state index contributed by atoms with van der Waals surface area (Å²) >= 11 is 4.33. The molecule has 108 valence electrons. The summed E-state index contributed by atoms with van der Waals surface area (Å²) in [7, 11) is -2.40. The topological polar surface area (TPSA) is 55.4 Å². The minimum absolute atomic E-state index is 0.115. The van der Waals surface area contributed by atoms with E-state index in [4.69, 9.17) is 4.74 Å². The fourth-order valence-corrected chi connectivity index (χ4v) is 4.75. The van der Waals surface area contributed by atoms with Crippen LogP contribution in [0.5, 0.6) is 5.75 Å². The molecule has 8 heteroatoms. The summed E-state index contributed by atoms with van der Waals surface area (Å²) in [6.45, 7) is 1.78. The monoisotopic (exact) mass is 379 g/mol. The van der Waals surface area contributed by atoms with Crippen molar-refractivity contribution in [3.8, 4) is 5.75 Å². The molecule has 0 unspecified atom stereocenters. The van der Waals surface area contributed by atoms with Gasteiger partial charge in [0.1, 0.15) is 15.8 Å². The average Bonchev–Trinajstić information content (AvgIpc) is 2.73. The standard InChI is InChI=1S/C12H11BrFNO3S2/c1-7-5-11(19-12(7)13)20(16,17)15-10-6-8(18-2)3-4-9(10)14/h3-6,15H,1-2H3. The van der Waals surface area contributed by atoms with Crippen LogP contribution in [-0.4, -0.2) is 15.5 Å².